The van der Waals surface area contributed by atoms with Gasteiger partial charge in [0.1, 0.15) is 5.82 Å². The van der Waals surface area contributed by atoms with Gasteiger partial charge in [0.25, 0.3) is 0 Å². The first-order chi connectivity index (χ1) is 14.3. The number of hydrogen-bond acceptors (Lipinski definition) is 5. The quantitative estimate of drug-likeness (QED) is 0.683. The molecule has 0 radical (unpaired) electrons. The lowest BCUT2D eigenvalue weighted by molar-refractivity contribution is 0.153. The molecule has 0 atom stereocenters. The minimum atomic E-state index is -0.289. The zero-order valence-electron chi connectivity index (χ0n) is 16.3. The second-order valence-corrected chi connectivity index (χ2v) is 7.83. The van der Waals surface area contributed by atoms with E-state index in [1.165, 1.54) is 23.4 Å². The molecule has 0 amide bonds. The molecular weight excluding hydrogens is 365 g/mol. The van der Waals surface area contributed by atoms with Crippen molar-refractivity contribution in [2.75, 3.05) is 24.5 Å². The summed E-state index contributed by atoms with van der Waals surface area (Å²) in [4.78, 5) is 9.39. The minimum Gasteiger partial charge on any atom is -0.339 e. The summed E-state index contributed by atoms with van der Waals surface area (Å²) in [6.45, 7) is 3.96. The van der Waals surface area contributed by atoms with Crippen LogP contribution in [-0.2, 0) is 13.0 Å². The maximum Gasteiger partial charge on any atom is 0.245 e. The number of benzene rings is 2. The molecule has 2 aliphatic rings. The van der Waals surface area contributed by atoms with Crippen LogP contribution in [0.1, 0.15) is 24.0 Å². The van der Waals surface area contributed by atoms with Gasteiger partial charge in [-0.2, -0.15) is 5.10 Å². The van der Waals surface area contributed by atoms with E-state index >= 15 is 0 Å². The highest BCUT2D eigenvalue weighted by Gasteiger charge is 2.28. The number of anilines is 1. The van der Waals surface area contributed by atoms with E-state index in [-0.39, 0.29) is 5.82 Å². The van der Waals surface area contributed by atoms with E-state index < -0.39 is 0 Å². The fraction of sp³-hybridized carbons (Fsp3) is 0.348. The van der Waals surface area contributed by atoms with Gasteiger partial charge in [-0.25, -0.2) is 9.37 Å². The van der Waals surface area contributed by atoms with Gasteiger partial charge in [0.15, 0.2) is 0 Å². The molecule has 6 heteroatoms. The third-order valence-corrected chi connectivity index (χ3v) is 6.12. The highest BCUT2D eigenvalue weighted by Crippen LogP contribution is 2.27. The SMILES string of the molecule is Fc1ccccc1-c1cnnc(N2CCC(N3CCc4ccccc4C3)CC2)n1. The van der Waals surface area contributed by atoms with E-state index in [0.717, 1.165) is 45.4 Å². The third kappa shape index (κ3) is 3.72. The largest absolute Gasteiger partial charge is 0.339 e. The molecule has 2 aliphatic heterocycles. The Balaban J connectivity index is 1.26. The molecular formula is C23H24FN5. The van der Waals surface area contributed by atoms with Gasteiger partial charge >= 0.3 is 0 Å². The Morgan fingerprint density at radius 1 is 0.897 bits per heavy atom. The van der Waals surface area contributed by atoms with Crippen molar-refractivity contribution < 1.29 is 4.39 Å². The van der Waals surface area contributed by atoms with Gasteiger partial charge in [-0.15, -0.1) is 5.10 Å². The summed E-state index contributed by atoms with van der Waals surface area (Å²) in [5, 5.41) is 8.29. The van der Waals surface area contributed by atoms with Crippen LogP contribution in [-0.4, -0.2) is 45.8 Å². The first kappa shape index (κ1) is 18.2. The van der Waals surface area contributed by atoms with Crippen molar-refractivity contribution in [1.82, 2.24) is 20.1 Å². The maximum atomic E-state index is 14.1. The van der Waals surface area contributed by atoms with Gasteiger partial charge in [-0.05, 0) is 42.5 Å². The van der Waals surface area contributed by atoms with Crippen molar-refractivity contribution in [3.05, 3.63) is 71.7 Å². The first-order valence-electron chi connectivity index (χ1n) is 10.3. The Morgan fingerprint density at radius 2 is 1.66 bits per heavy atom. The van der Waals surface area contributed by atoms with Gasteiger partial charge in [0, 0.05) is 37.8 Å². The van der Waals surface area contributed by atoms with Crippen LogP contribution in [0.2, 0.25) is 0 Å². The average Bonchev–Trinajstić information content (AvgIpc) is 2.79. The van der Waals surface area contributed by atoms with Crippen molar-refractivity contribution in [1.29, 1.82) is 0 Å². The van der Waals surface area contributed by atoms with E-state index in [1.54, 1.807) is 12.1 Å². The highest BCUT2D eigenvalue weighted by atomic mass is 19.1. The van der Waals surface area contributed by atoms with E-state index in [0.29, 0.717) is 23.2 Å². The van der Waals surface area contributed by atoms with Crippen molar-refractivity contribution in [3.8, 4) is 11.3 Å². The maximum absolute atomic E-state index is 14.1. The predicted octanol–water partition coefficient (Wildman–Crippen LogP) is 3.70. The number of piperidine rings is 1. The fourth-order valence-corrected chi connectivity index (χ4v) is 4.49. The Labute approximate surface area is 170 Å². The number of nitrogens with zero attached hydrogens (tertiary/aromatic N) is 5. The lowest BCUT2D eigenvalue weighted by atomic mass is 9.95. The second kappa shape index (κ2) is 7.87. The van der Waals surface area contributed by atoms with Crippen molar-refractivity contribution in [3.63, 3.8) is 0 Å². The van der Waals surface area contributed by atoms with Crippen LogP contribution < -0.4 is 4.90 Å². The summed E-state index contributed by atoms with van der Waals surface area (Å²) < 4.78 is 14.1. The van der Waals surface area contributed by atoms with E-state index in [9.17, 15) is 4.39 Å². The number of aromatic nitrogens is 3. The second-order valence-electron chi connectivity index (χ2n) is 7.83. The molecule has 1 aromatic heterocycles. The molecule has 2 aromatic carbocycles. The zero-order valence-corrected chi connectivity index (χ0v) is 16.3. The number of hydrogen-bond donors (Lipinski definition) is 0. The van der Waals surface area contributed by atoms with Crippen LogP contribution in [0.5, 0.6) is 0 Å². The van der Waals surface area contributed by atoms with Gasteiger partial charge < -0.3 is 4.90 Å². The Kier molecular flexibility index (Phi) is 4.94. The Bertz CT molecular complexity index is 1000. The average molecular weight is 389 g/mol. The van der Waals surface area contributed by atoms with Crippen LogP contribution in [0, 0.1) is 5.82 Å². The number of rotatable bonds is 3. The van der Waals surface area contributed by atoms with Crippen LogP contribution >= 0.6 is 0 Å². The number of halogens is 1. The summed E-state index contributed by atoms with van der Waals surface area (Å²) >= 11 is 0. The van der Waals surface area contributed by atoms with Crippen LogP contribution in [0.3, 0.4) is 0 Å². The summed E-state index contributed by atoms with van der Waals surface area (Å²) in [7, 11) is 0. The van der Waals surface area contributed by atoms with Crippen molar-refractivity contribution >= 4 is 5.95 Å². The highest BCUT2D eigenvalue weighted by molar-refractivity contribution is 5.59. The molecule has 3 aromatic rings. The Hall–Kier alpha value is -2.86. The summed E-state index contributed by atoms with van der Waals surface area (Å²) in [6, 6.07) is 16.0. The first-order valence-corrected chi connectivity index (χ1v) is 10.3. The topological polar surface area (TPSA) is 45.2 Å². The molecule has 0 spiro atoms. The molecule has 1 fully saturated rings. The molecule has 0 aliphatic carbocycles. The third-order valence-electron chi connectivity index (χ3n) is 6.12. The number of fused-ring (bicyclic) bond motifs is 1. The van der Waals surface area contributed by atoms with Crippen molar-refractivity contribution in [2.45, 2.75) is 31.8 Å². The molecule has 0 bridgehead atoms. The molecule has 1 saturated heterocycles. The lowest BCUT2D eigenvalue weighted by Gasteiger charge is -2.40. The van der Waals surface area contributed by atoms with Crippen molar-refractivity contribution in [2.24, 2.45) is 0 Å². The van der Waals surface area contributed by atoms with Gasteiger partial charge in [0.2, 0.25) is 5.95 Å². The smallest absolute Gasteiger partial charge is 0.245 e. The Morgan fingerprint density at radius 3 is 2.48 bits per heavy atom. The van der Waals surface area contributed by atoms with Crippen LogP contribution in [0.15, 0.2) is 54.7 Å². The monoisotopic (exact) mass is 389 g/mol. The molecule has 3 heterocycles. The fourth-order valence-electron chi connectivity index (χ4n) is 4.49. The molecule has 0 N–H and O–H groups in total. The molecule has 5 nitrogen and oxygen atoms in total. The zero-order chi connectivity index (χ0) is 19.6. The van der Waals surface area contributed by atoms with Gasteiger partial charge in [-0.1, -0.05) is 36.4 Å². The molecule has 0 saturated carbocycles. The molecule has 0 unspecified atom stereocenters. The molecule has 5 rings (SSSR count). The van der Waals surface area contributed by atoms with Crippen LogP contribution in [0.25, 0.3) is 11.3 Å². The lowest BCUT2D eigenvalue weighted by Crippen LogP contribution is -2.47. The van der Waals surface area contributed by atoms with E-state index in [2.05, 4.69) is 49.2 Å². The normalized spacial score (nSPS) is 17.9. The summed E-state index contributed by atoms with van der Waals surface area (Å²) in [5.41, 5.74) is 3.95. The summed E-state index contributed by atoms with van der Waals surface area (Å²) in [6.07, 6.45) is 4.82. The molecule has 148 valence electrons. The predicted molar refractivity (Wildman–Crippen MR) is 111 cm³/mol. The van der Waals surface area contributed by atoms with E-state index in [4.69, 9.17) is 0 Å². The van der Waals surface area contributed by atoms with Gasteiger partial charge in [0.05, 0.1) is 11.9 Å². The van der Waals surface area contributed by atoms with E-state index in [1.807, 2.05) is 6.07 Å². The van der Waals surface area contributed by atoms with Gasteiger partial charge in [-0.3, -0.25) is 4.90 Å². The standard InChI is InChI=1S/C23H24FN5/c24-21-8-4-3-7-20(21)22-15-25-27-23(26-22)28-13-10-19(11-14-28)29-12-9-17-5-1-2-6-18(17)16-29/h1-8,15,19H,9-14,16H2. The van der Waals surface area contributed by atoms with Crippen LogP contribution in [0.4, 0.5) is 10.3 Å². The minimum absolute atomic E-state index is 0.289. The molecule has 29 heavy (non-hydrogen) atoms. The summed E-state index contributed by atoms with van der Waals surface area (Å²) in [5.74, 6) is 0.302.